The molecule has 0 unspecified atom stereocenters. The number of likely N-dealkylation sites (tertiary alicyclic amines) is 1. The summed E-state index contributed by atoms with van der Waals surface area (Å²) in [7, 11) is 0. The molecule has 1 amide bonds. The fraction of sp³-hybridized carbons (Fsp3) is 0.562. The maximum Gasteiger partial charge on any atom is 0.416 e. The van der Waals surface area contributed by atoms with E-state index in [1.165, 1.54) is 4.90 Å². The van der Waals surface area contributed by atoms with Crippen LogP contribution >= 0.6 is 0 Å². The minimum atomic E-state index is -4.54. The molecule has 1 aromatic rings. The molecule has 0 aromatic heterocycles. The molecule has 1 saturated heterocycles. The number of nitrogens with zero attached hydrogens (tertiary/aromatic N) is 1. The number of halogens is 4. The molecule has 0 radical (unpaired) electrons. The number of hydrogen-bond donors (Lipinski definition) is 1. The highest BCUT2D eigenvalue weighted by molar-refractivity contribution is 5.64. The quantitative estimate of drug-likeness (QED) is 0.821. The number of carbonyl (C=O) groups is 1. The normalized spacial score (nSPS) is 16.6. The number of hydrogen-bond acceptors (Lipinski definition) is 1. The first kappa shape index (κ1) is 17.6. The van der Waals surface area contributed by atoms with Crippen LogP contribution in [-0.4, -0.2) is 29.2 Å². The zero-order valence-corrected chi connectivity index (χ0v) is 12.6. The van der Waals surface area contributed by atoms with Gasteiger partial charge < -0.3 is 10.0 Å². The molecule has 1 heterocycles. The molecule has 0 atom stereocenters. The van der Waals surface area contributed by atoms with Crippen molar-refractivity contribution < 1.29 is 27.5 Å². The molecule has 1 fully saturated rings. The lowest BCUT2D eigenvalue weighted by Gasteiger charge is -2.29. The standard InChI is InChI=1S/C16H19F4NO2/c17-14-9-12(8-13(10-14)16(18,19)20)3-1-2-11-4-6-21(7-5-11)15(22)23/h8-11H,1-7H2,(H,22,23). The van der Waals surface area contributed by atoms with E-state index in [0.717, 1.165) is 31.4 Å². The van der Waals surface area contributed by atoms with Crippen LogP contribution in [0.3, 0.4) is 0 Å². The summed E-state index contributed by atoms with van der Waals surface area (Å²) in [5.74, 6) is -0.495. The van der Waals surface area contributed by atoms with Gasteiger partial charge in [-0.3, -0.25) is 0 Å². The van der Waals surface area contributed by atoms with Crippen LogP contribution in [-0.2, 0) is 12.6 Å². The van der Waals surface area contributed by atoms with Crippen molar-refractivity contribution in [2.24, 2.45) is 5.92 Å². The topological polar surface area (TPSA) is 40.5 Å². The molecule has 3 nitrogen and oxygen atoms in total. The van der Waals surface area contributed by atoms with Gasteiger partial charge in [0.2, 0.25) is 0 Å². The predicted molar refractivity (Wildman–Crippen MR) is 76.7 cm³/mol. The third-order valence-corrected chi connectivity index (χ3v) is 4.25. The summed E-state index contributed by atoms with van der Waals surface area (Å²) in [6, 6.07) is 2.64. The molecule has 1 aromatic carbocycles. The molecule has 0 saturated carbocycles. The molecule has 2 rings (SSSR count). The highest BCUT2D eigenvalue weighted by Gasteiger charge is 2.31. The zero-order chi connectivity index (χ0) is 17.0. The lowest BCUT2D eigenvalue weighted by Crippen LogP contribution is -2.37. The van der Waals surface area contributed by atoms with Gasteiger partial charge in [-0.25, -0.2) is 9.18 Å². The summed E-state index contributed by atoms with van der Waals surface area (Å²) in [4.78, 5) is 12.2. The molecule has 1 N–H and O–H groups in total. The van der Waals surface area contributed by atoms with Crippen molar-refractivity contribution in [3.05, 3.63) is 35.1 Å². The second-order valence-electron chi connectivity index (χ2n) is 5.95. The smallest absolute Gasteiger partial charge is 0.416 e. The van der Waals surface area contributed by atoms with Gasteiger partial charge in [0.1, 0.15) is 5.82 Å². The molecule has 7 heteroatoms. The maximum atomic E-state index is 13.3. The van der Waals surface area contributed by atoms with Crippen molar-refractivity contribution in [1.29, 1.82) is 0 Å². The van der Waals surface area contributed by atoms with Crippen molar-refractivity contribution in [1.82, 2.24) is 4.90 Å². The number of benzene rings is 1. The fourth-order valence-electron chi connectivity index (χ4n) is 2.97. The van der Waals surface area contributed by atoms with E-state index < -0.39 is 23.7 Å². The van der Waals surface area contributed by atoms with Crippen LogP contribution in [0, 0.1) is 11.7 Å². The lowest BCUT2D eigenvalue weighted by atomic mass is 9.91. The zero-order valence-electron chi connectivity index (χ0n) is 12.6. The average Bonchev–Trinajstić information content (AvgIpc) is 2.46. The Balaban J connectivity index is 1.83. The van der Waals surface area contributed by atoms with Gasteiger partial charge in [0.05, 0.1) is 5.56 Å². The van der Waals surface area contributed by atoms with Crippen LogP contribution in [0.4, 0.5) is 22.4 Å². The Morgan fingerprint density at radius 2 is 1.87 bits per heavy atom. The van der Waals surface area contributed by atoms with Gasteiger partial charge in [0.15, 0.2) is 0 Å². The van der Waals surface area contributed by atoms with E-state index in [2.05, 4.69) is 0 Å². The third-order valence-electron chi connectivity index (χ3n) is 4.25. The van der Waals surface area contributed by atoms with Crippen molar-refractivity contribution in [2.45, 2.75) is 38.3 Å². The molecule has 0 aliphatic carbocycles. The van der Waals surface area contributed by atoms with Gasteiger partial charge in [-0.1, -0.05) is 0 Å². The summed E-state index contributed by atoms with van der Waals surface area (Å²) >= 11 is 0. The van der Waals surface area contributed by atoms with E-state index in [1.807, 2.05) is 0 Å². The van der Waals surface area contributed by atoms with Crippen LogP contribution in [0.2, 0.25) is 0 Å². The minimum absolute atomic E-state index is 0.347. The van der Waals surface area contributed by atoms with Gasteiger partial charge in [-0.2, -0.15) is 13.2 Å². The van der Waals surface area contributed by atoms with Crippen LogP contribution in [0.5, 0.6) is 0 Å². The second kappa shape index (κ2) is 7.19. The van der Waals surface area contributed by atoms with Crippen LogP contribution < -0.4 is 0 Å². The van der Waals surface area contributed by atoms with E-state index in [1.54, 1.807) is 0 Å². The predicted octanol–water partition coefficient (Wildman–Crippen LogP) is 4.56. The Morgan fingerprint density at radius 1 is 1.22 bits per heavy atom. The summed E-state index contributed by atoms with van der Waals surface area (Å²) in [6.45, 7) is 0.996. The molecule has 128 valence electrons. The van der Waals surface area contributed by atoms with Crippen molar-refractivity contribution in [2.75, 3.05) is 13.1 Å². The monoisotopic (exact) mass is 333 g/mol. The lowest BCUT2D eigenvalue weighted by molar-refractivity contribution is -0.137. The van der Waals surface area contributed by atoms with Crippen molar-refractivity contribution >= 4 is 6.09 Å². The number of aryl methyl sites for hydroxylation is 1. The van der Waals surface area contributed by atoms with Gasteiger partial charge in [0, 0.05) is 13.1 Å². The molecular formula is C16H19F4NO2. The van der Waals surface area contributed by atoms with E-state index in [9.17, 15) is 22.4 Å². The first-order valence-corrected chi connectivity index (χ1v) is 7.60. The van der Waals surface area contributed by atoms with E-state index >= 15 is 0 Å². The number of carboxylic acid groups (broad SMARTS) is 1. The van der Waals surface area contributed by atoms with Crippen molar-refractivity contribution in [3.63, 3.8) is 0 Å². The van der Waals surface area contributed by atoms with E-state index in [0.29, 0.717) is 43.5 Å². The number of alkyl halides is 3. The molecule has 0 spiro atoms. The maximum absolute atomic E-state index is 13.3. The number of piperidine rings is 1. The Hall–Kier alpha value is -1.79. The van der Waals surface area contributed by atoms with Gasteiger partial charge in [-0.15, -0.1) is 0 Å². The van der Waals surface area contributed by atoms with Crippen molar-refractivity contribution in [3.8, 4) is 0 Å². The Morgan fingerprint density at radius 3 is 2.43 bits per heavy atom. The molecule has 1 aliphatic rings. The Kier molecular flexibility index (Phi) is 5.49. The van der Waals surface area contributed by atoms with Crippen LogP contribution in [0.25, 0.3) is 0 Å². The van der Waals surface area contributed by atoms with Gasteiger partial charge in [-0.05, 0) is 61.8 Å². The summed E-state index contributed by atoms with van der Waals surface area (Å²) in [5, 5.41) is 8.87. The summed E-state index contributed by atoms with van der Waals surface area (Å²) < 4.78 is 51.2. The number of amides is 1. The van der Waals surface area contributed by atoms with Gasteiger partial charge in [0.25, 0.3) is 0 Å². The SMILES string of the molecule is O=C(O)N1CCC(CCCc2cc(F)cc(C(F)(F)F)c2)CC1. The molecule has 1 aliphatic heterocycles. The van der Waals surface area contributed by atoms with E-state index in [4.69, 9.17) is 5.11 Å². The molecule has 23 heavy (non-hydrogen) atoms. The minimum Gasteiger partial charge on any atom is -0.465 e. The van der Waals surface area contributed by atoms with Crippen LogP contribution in [0.1, 0.15) is 36.8 Å². The third kappa shape index (κ3) is 5.11. The molecule has 0 bridgehead atoms. The first-order valence-electron chi connectivity index (χ1n) is 7.60. The Labute approximate surface area is 131 Å². The summed E-state index contributed by atoms with van der Waals surface area (Å²) in [5.41, 5.74) is -0.609. The second-order valence-corrected chi connectivity index (χ2v) is 5.95. The largest absolute Gasteiger partial charge is 0.465 e. The highest BCUT2D eigenvalue weighted by atomic mass is 19.4. The first-order chi connectivity index (χ1) is 10.8. The van der Waals surface area contributed by atoms with Gasteiger partial charge >= 0.3 is 12.3 Å². The average molecular weight is 333 g/mol. The Bertz CT molecular complexity index is 552. The fourth-order valence-corrected chi connectivity index (χ4v) is 2.97. The van der Waals surface area contributed by atoms with E-state index in [-0.39, 0.29) is 0 Å². The molecular weight excluding hydrogens is 314 g/mol. The highest BCUT2D eigenvalue weighted by Crippen LogP contribution is 2.31. The number of rotatable bonds is 4. The van der Waals surface area contributed by atoms with Crippen LogP contribution in [0.15, 0.2) is 18.2 Å². The summed E-state index contributed by atoms with van der Waals surface area (Å²) in [6.07, 6.45) is -2.06.